The molecule has 1 saturated heterocycles. The molecule has 0 N–H and O–H groups in total. The molecule has 144 valence electrons. The van der Waals surface area contributed by atoms with Gasteiger partial charge < -0.3 is 4.74 Å². The summed E-state index contributed by atoms with van der Waals surface area (Å²) in [6, 6.07) is 0. The topological polar surface area (TPSA) is 43.4 Å². The predicted octanol–water partition coefficient (Wildman–Crippen LogP) is 4.31. The van der Waals surface area contributed by atoms with Gasteiger partial charge in [-0.25, -0.2) is 0 Å². The van der Waals surface area contributed by atoms with Crippen LogP contribution in [-0.4, -0.2) is 17.4 Å². The van der Waals surface area contributed by atoms with Crippen molar-refractivity contribution >= 4 is 11.8 Å². The number of hydrogen-bond donors (Lipinski definition) is 0. The number of allylic oxidation sites excluding steroid dienone is 1. The third kappa shape index (κ3) is 1.58. The van der Waals surface area contributed by atoms with E-state index in [4.69, 9.17) is 4.74 Å². The molecule has 0 bridgehead atoms. The van der Waals surface area contributed by atoms with Crippen LogP contribution in [0.2, 0.25) is 0 Å². The van der Waals surface area contributed by atoms with Crippen LogP contribution >= 0.6 is 0 Å². The number of rotatable bonds is 0. The Hall–Kier alpha value is -1.12. The largest absolute Gasteiger partial charge is 0.458 e. The van der Waals surface area contributed by atoms with Gasteiger partial charge in [-0.2, -0.15) is 0 Å². The summed E-state index contributed by atoms with van der Waals surface area (Å²) in [5.41, 5.74) is 1.85. The Kier molecular flexibility index (Phi) is 2.56. The Morgan fingerprint density at radius 2 is 1.85 bits per heavy atom. The van der Waals surface area contributed by atoms with Gasteiger partial charge in [0.05, 0.1) is 0 Å². The van der Waals surface area contributed by atoms with E-state index in [-0.39, 0.29) is 22.4 Å². The first kappa shape index (κ1) is 15.8. The van der Waals surface area contributed by atoms with Gasteiger partial charge >= 0.3 is 5.97 Å². The van der Waals surface area contributed by atoms with Gasteiger partial charge in [0, 0.05) is 24.2 Å². The van der Waals surface area contributed by atoms with Gasteiger partial charge in [-0.1, -0.05) is 19.4 Å². The lowest BCUT2D eigenvalue weighted by Crippen LogP contribution is -2.57. The molecule has 1 spiro atoms. The smallest absolute Gasteiger partial charge is 0.306 e. The molecule has 3 heteroatoms. The van der Waals surface area contributed by atoms with E-state index < -0.39 is 0 Å². The van der Waals surface area contributed by atoms with E-state index >= 15 is 0 Å². The van der Waals surface area contributed by atoms with Crippen LogP contribution in [0.15, 0.2) is 11.6 Å². The van der Waals surface area contributed by atoms with Crippen LogP contribution in [0.4, 0.5) is 0 Å². The molecule has 1 heterocycles. The SMILES string of the molecule is CC12CCC(=O)C=C1[C@@H]1C[C@@H]1[C@H]1[C@@H]3[C@@H]4C[C@@H]4[C@@]4(CCC(=O)O4)[C@@]3(C)CC[C@@H]12. The quantitative estimate of drug-likeness (QED) is 0.600. The minimum Gasteiger partial charge on any atom is -0.458 e. The van der Waals surface area contributed by atoms with Gasteiger partial charge in [0.15, 0.2) is 5.78 Å². The van der Waals surface area contributed by atoms with Crippen molar-refractivity contribution in [1.82, 2.24) is 0 Å². The normalized spacial score (nSPS) is 62.0. The Morgan fingerprint density at radius 3 is 2.63 bits per heavy atom. The van der Waals surface area contributed by atoms with Crippen LogP contribution in [0.5, 0.6) is 0 Å². The van der Waals surface area contributed by atoms with Crippen LogP contribution in [0, 0.1) is 52.3 Å². The average molecular weight is 367 g/mol. The Morgan fingerprint density at radius 1 is 1.00 bits per heavy atom. The zero-order valence-corrected chi connectivity index (χ0v) is 16.5. The molecular formula is C24H30O3. The molecule has 1 aliphatic heterocycles. The molecular weight excluding hydrogens is 336 g/mol. The highest BCUT2D eigenvalue weighted by Gasteiger charge is 2.81. The molecule has 10 atom stereocenters. The maximum Gasteiger partial charge on any atom is 0.306 e. The average Bonchev–Trinajstić information content (AvgIpc) is 3.53. The molecule has 0 aromatic heterocycles. The first-order valence-corrected chi connectivity index (χ1v) is 11.4. The van der Waals surface area contributed by atoms with Crippen molar-refractivity contribution in [1.29, 1.82) is 0 Å². The molecule has 1 unspecified atom stereocenters. The Bertz CT molecular complexity index is 827. The van der Waals surface area contributed by atoms with Crippen LogP contribution in [0.3, 0.4) is 0 Å². The standard InChI is InChI=1S/C24H30O3/c1-22-6-3-12(25)9-17(22)13-10-14(13)20-16(22)4-7-23(2)21(20)15-11-18(15)24(23)8-5-19(26)27-24/h9,13-16,18,20-21H,3-8,10-11H2,1-2H3/t13-,14+,15-,16+,18+,20-,21+,22?,23+,24+/m1/s1. The summed E-state index contributed by atoms with van der Waals surface area (Å²) in [7, 11) is 0. The summed E-state index contributed by atoms with van der Waals surface area (Å²) < 4.78 is 6.22. The van der Waals surface area contributed by atoms with Gasteiger partial charge in [0.1, 0.15) is 5.60 Å². The van der Waals surface area contributed by atoms with Crippen LogP contribution in [-0.2, 0) is 14.3 Å². The molecule has 6 aliphatic carbocycles. The molecule has 0 radical (unpaired) electrons. The summed E-state index contributed by atoms with van der Waals surface area (Å²) >= 11 is 0. The van der Waals surface area contributed by atoms with E-state index in [0.717, 1.165) is 48.9 Å². The minimum absolute atomic E-state index is 0.0561. The number of ketones is 1. The molecule has 0 aromatic rings. The van der Waals surface area contributed by atoms with Gasteiger partial charge in [-0.15, -0.1) is 0 Å². The third-order valence-electron chi connectivity index (χ3n) is 10.9. The fraction of sp³-hybridized carbons (Fsp3) is 0.833. The first-order chi connectivity index (χ1) is 12.9. The van der Waals surface area contributed by atoms with Gasteiger partial charge in [-0.05, 0) is 85.5 Å². The zero-order valence-electron chi connectivity index (χ0n) is 16.5. The number of fused-ring (bicyclic) bond motifs is 12. The second-order valence-electron chi connectivity index (χ2n) is 11.5. The number of hydrogen-bond acceptors (Lipinski definition) is 3. The third-order valence-corrected chi connectivity index (χ3v) is 10.9. The first-order valence-electron chi connectivity index (χ1n) is 11.4. The van der Waals surface area contributed by atoms with Crippen molar-refractivity contribution in [3.05, 3.63) is 11.6 Å². The second-order valence-corrected chi connectivity index (χ2v) is 11.5. The van der Waals surface area contributed by atoms with Crippen molar-refractivity contribution in [2.24, 2.45) is 52.3 Å². The van der Waals surface area contributed by atoms with Crippen LogP contribution < -0.4 is 0 Å². The lowest BCUT2D eigenvalue weighted by Gasteiger charge is -2.60. The Balaban J connectivity index is 1.33. The number of carbonyl (C=O) groups excluding carboxylic acids is 2. The highest BCUT2D eigenvalue weighted by Crippen LogP contribution is 2.82. The van der Waals surface area contributed by atoms with Crippen molar-refractivity contribution in [3.8, 4) is 0 Å². The minimum atomic E-state index is -0.131. The van der Waals surface area contributed by atoms with E-state index in [2.05, 4.69) is 19.9 Å². The summed E-state index contributed by atoms with van der Waals surface area (Å²) in [6.07, 6.45) is 10.6. The number of ether oxygens (including phenoxy) is 1. The molecule has 7 rings (SSSR count). The van der Waals surface area contributed by atoms with Crippen molar-refractivity contribution in [3.63, 3.8) is 0 Å². The van der Waals surface area contributed by atoms with E-state index in [9.17, 15) is 9.59 Å². The predicted molar refractivity (Wildman–Crippen MR) is 99.5 cm³/mol. The molecule has 0 aromatic carbocycles. The van der Waals surface area contributed by atoms with Gasteiger partial charge in [-0.3, -0.25) is 9.59 Å². The maximum absolute atomic E-state index is 12.2. The molecule has 0 amide bonds. The molecule has 27 heavy (non-hydrogen) atoms. The molecule has 5 saturated carbocycles. The van der Waals surface area contributed by atoms with E-state index in [1.54, 1.807) is 0 Å². The van der Waals surface area contributed by atoms with Gasteiger partial charge in [0.25, 0.3) is 0 Å². The summed E-state index contributed by atoms with van der Waals surface area (Å²) in [4.78, 5) is 24.3. The second kappa shape index (κ2) is 4.39. The summed E-state index contributed by atoms with van der Waals surface area (Å²) in [6.45, 7) is 4.99. The Labute approximate surface area is 161 Å². The fourth-order valence-corrected chi connectivity index (χ4v) is 9.74. The maximum atomic E-state index is 12.2. The van der Waals surface area contributed by atoms with E-state index in [0.29, 0.717) is 24.0 Å². The molecule has 7 aliphatic rings. The summed E-state index contributed by atoms with van der Waals surface area (Å²) in [5.74, 6) is 5.65. The monoisotopic (exact) mass is 366 g/mol. The summed E-state index contributed by atoms with van der Waals surface area (Å²) in [5, 5.41) is 0. The van der Waals surface area contributed by atoms with Crippen molar-refractivity contribution in [2.45, 2.75) is 70.8 Å². The number of esters is 1. The number of carbonyl (C=O) groups is 2. The van der Waals surface area contributed by atoms with E-state index in [1.807, 2.05) is 0 Å². The van der Waals surface area contributed by atoms with Gasteiger partial charge in [0.2, 0.25) is 0 Å². The lowest BCUT2D eigenvalue weighted by molar-refractivity contribution is -0.177. The lowest BCUT2D eigenvalue weighted by atomic mass is 9.45. The zero-order chi connectivity index (χ0) is 18.3. The highest BCUT2D eigenvalue weighted by atomic mass is 16.6. The molecule has 3 nitrogen and oxygen atoms in total. The highest BCUT2D eigenvalue weighted by molar-refractivity contribution is 5.92. The fourth-order valence-electron chi connectivity index (χ4n) is 9.74. The van der Waals surface area contributed by atoms with Crippen molar-refractivity contribution in [2.75, 3.05) is 0 Å². The van der Waals surface area contributed by atoms with Crippen LogP contribution in [0.25, 0.3) is 0 Å². The van der Waals surface area contributed by atoms with Crippen molar-refractivity contribution < 1.29 is 14.3 Å². The molecule has 6 fully saturated rings. The van der Waals surface area contributed by atoms with E-state index in [1.165, 1.54) is 31.3 Å². The van der Waals surface area contributed by atoms with Crippen LogP contribution in [0.1, 0.15) is 65.2 Å².